The Kier molecular flexibility index (Phi) is 2.32. The van der Waals surface area contributed by atoms with Gasteiger partial charge in [-0.25, -0.2) is 0 Å². The van der Waals surface area contributed by atoms with Gasteiger partial charge in [-0.1, -0.05) is 13.8 Å². The number of nitrogens with two attached hydrogens (primary N) is 2. The van der Waals surface area contributed by atoms with E-state index in [-0.39, 0.29) is 5.41 Å². The van der Waals surface area contributed by atoms with Crippen LogP contribution in [0, 0.1) is 5.41 Å². The third kappa shape index (κ3) is 2.20. The highest BCUT2D eigenvalue weighted by atomic mass is 15.5. The minimum Gasteiger partial charge on any atom is -0.381 e. The Morgan fingerprint density at radius 2 is 2.25 bits per heavy atom. The molecule has 12 heavy (non-hydrogen) atoms. The number of rotatable bonds is 3. The van der Waals surface area contributed by atoms with Crippen LogP contribution in [0.2, 0.25) is 0 Å². The van der Waals surface area contributed by atoms with Gasteiger partial charge in [-0.3, -0.25) is 0 Å². The number of nitrogen functional groups attached to an aromatic ring is 1. The molecule has 0 amide bonds. The van der Waals surface area contributed by atoms with E-state index in [1.54, 1.807) is 4.80 Å². The van der Waals surface area contributed by atoms with Gasteiger partial charge in [0.25, 0.3) is 0 Å². The van der Waals surface area contributed by atoms with E-state index in [0.717, 1.165) is 0 Å². The number of nitrogens with zero attached hydrogens (tertiary/aromatic N) is 3. The first-order chi connectivity index (χ1) is 5.53. The molecule has 4 N–H and O–H groups in total. The van der Waals surface area contributed by atoms with Gasteiger partial charge in [0.1, 0.15) is 0 Å². The first-order valence-electron chi connectivity index (χ1n) is 3.89. The van der Waals surface area contributed by atoms with Crippen molar-refractivity contribution in [3.8, 4) is 0 Å². The number of hydrogen-bond acceptors (Lipinski definition) is 4. The lowest BCUT2D eigenvalue weighted by Gasteiger charge is -2.20. The van der Waals surface area contributed by atoms with E-state index >= 15 is 0 Å². The zero-order valence-electron chi connectivity index (χ0n) is 7.49. The molecule has 0 atom stereocenters. The minimum atomic E-state index is 0.0193. The lowest BCUT2D eigenvalue weighted by molar-refractivity contribution is 0.283. The molecule has 0 fully saturated rings. The third-order valence-electron chi connectivity index (χ3n) is 1.68. The molecule has 0 aromatic carbocycles. The van der Waals surface area contributed by atoms with Gasteiger partial charge in [-0.2, -0.15) is 9.90 Å². The highest BCUT2D eigenvalue weighted by molar-refractivity contribution is 5.19. The van der Waals surface area contributed by atoms with Crippen LogP contribution in [0.25, 0.3) is 0 Å². The SMILES string of the molecule is CC(C)(CN)Cn1ncc(N)n1. The monoisotopic (exact) mass is 169 g/mol. The summed E-state index contributed by atoms with van der Waals surface area (Å²) in [5.74, 6) is 0.447. The second-order valence-electron chi connectivity index (χ2n) is 3.67. The predicted octanol–water partition coefficient (Wildman–Crippen LogP) is -0.155. The third-order valence-corrected chi connectivity index (χ3v) is 1.68. The van der Waals surface area contributed by atoms with E-state index in [9.17, 15) is 0 Å². The molecule has 5 heteroatoms. The van der Waals surface area contributed by atoms with Crippen LogP contribution < -0.4 is 11.5 Å². The molecule has 0 bridgehead atoms. The van der Waals surface area contributed by atoms with Crippen LogP contribution in [-0.4, -0.2) is 21.5 Å². The number of hydrogen-bond donors (Lipinski definition) is 2. The Balaban J connectivity index is 2.63. The van der Waals surface area contributed by atoms with E-state index in [1.165, 1.54) is 6.20 Å². The van der Waals surface area contributed by atoms with Gasteiger partial charge in [0.2, 0.25) is 0 Å². The second-order valence-corrected chi connectivity index (χ2v) is 3.67. The van der Waals surface area contributed by atoms with Crippen molar-refractivity contribution in [2.24, 2.45) is 11.1 Å². The van der Waals surface area contributed by atoms with Crippen molar-refractivity contribution in [1.82, 2.24) is 15.0 Å². The maximum atomic E-state index is 5.56. The molecule has 0 aliphatic rings. The second kappa shape index (κ2) is 3.10. The average molecular weight is 169 g/mol. The van der Waals surface area contributed by atoms with Gasteiger partial charge < -0.3 is 11.5 Å². The molecule has 0 aliphatic heterocycles. The van der Waals surface area contributed by atoms with Crippen LogP contribution in [-0.2, 0) is 6.54 Å². The highest BCUT2D eigenvalue weighted by Gasteiger charge is 2.17. The van der Waals surface area contributed by atoms with Crippen LogP contribution in [0.3, 0.4) is 0 Å². The van der Waals surface area contributed by atoms with E-state index in [0.29, 0.717) is 18.9 Å². The molecule has 0 saturated heterocycles. The smallest absolute Gasteiger partial charge is 0.165 e. The van der Waals surface area contributed by atoms with Crippen LogP contribution >= 0.6 is 0 Å². The molecular weight excluding hydrogens is 154 g/mol. The van der Waals surface area contributed by atoms with Crippen molar-refractivity contribution < 1.29 is 0 Å². The van der Waals surface area contributed by atoms with E-state index in [2.05, 4.69) is 24.0 Å². The summed E-state index contributed by atoms with van der Waals surface area (Å²) >= 11 is 0. The standard InChI is InChI=1S/C7H15N5/c1-7(2,4-8)5-12-10-3-6(9)11-12/h3H,4-5,8H2,1-2H3,(H2,9,11). The fraction of sp³-hybridized carbons (Fsp3) is 0.714. The van der Waals surface area contributed by atoms with E-state index in [4.69, 9.17) is 11.5 Å². The quantitative estimate of drug-likeness (QED) is 0.659. The summed E-state index contributed by atoms with van der Waals surface area (Å²) in [6, 6.07) is 0. The Hall–Kier alpha value is -1.10. The molecule has 1 rings (SSSR count). The summed E-state index contributed by atoms with van der Waals surface area (Å²) in [6.45, 7) is 5.42. The average Bonchev–Trinajstić information content (AvgIpc) is 2.35. The number of aromatic nitrogens is 3. The van der Waals surface area contributed by atoms with Gasteiger partial charge in [0.05, 0.1) is 12.7 Å². The largest absolute Gasteiger partial charge is 0.381 e. The summed E-state index contributed by atoms with van der Waals surface area (Å²) in [7, 11) is 0. The van der Waals surface area contributed by atoms with Gasteiger partial charge >= 0.3 is 0 Å². The topological polar surface area (TPSA) is 82.8 Å². The molecule has 1 aromatic heterocycles. The van der Waals surface area contributed by atoms with E-state index in [1.807, 2.05) is 0 Å². The lowest BCUT2D eigenvalue weighted by Crippen LogP contribution is -2.29. The Bertz CT molecular complexity index is 252. The van der Waals surface area contributed by atoms with Crippen LogP contribution in [0.1, 0.15) is 13.8 Å². The van der Waals surface area contributed by atoms with Gasteiger partial charge in [-0.15, -0.1) is 5.10 Å². The molecule has 0 spiro atoms. The van der Waals surface area contributed by atoms with Crippen LogP contribution in [0.15, 0.2) is 6.20 Å². The first kappa shape index (κ1) is 8.99. The van der Waals surface area contributed by atoms with Crippen molar-refractivity contribution in [1.29, 1.82) is 0 Å². The summed E-state index contributed by atoms with van der Waals surface area (Å²) in [5, 5.41) is 7.95. The highest BCUT2D eigenvalue weighted by Crippen LogP contribution is 2.14. The van der Waals surface area contributed by atoms with Crippen molar-refractivity contribution in [3.05, 3.63) is 6.20 Å². The molecule has 0 unspecified atom stereocenters. The Labute approximate surface area is 71.7 Å². The Morgan fingerprint density at radius 1 is 1.58 bits per heavy atom. The summed E-state index contributed by atoms with van der Waals surface area (Å²) in [4.78, 5) is 1.57. The Morgan fingerprint density at radius 3 is 2.67 bits per heavy atom. The van der Waals surface area contributed by atoms with Gasteiger partial charge in [0, 0.05) is 0 Å². The molecule has 0 saturated carbocycles. The maximum Gasteiger partial charge on any atom is 0.165 e. The van der Waals surface area contributed by atoms with Crippen molar-refractivity contribution >= 4 is 5.82 Å². The fourth-order valence-corrected chi connectivity index (χ4v) is 0.834. The van der Waals surface area contributed by atoms with Crippen molar-refractivity contribution in [3.63, 3.8) is 0 Å². The minimum absolute atomic E-state index is 0.0193. The van der Waals surface area contributed by atoms with Gasteiger partial charge in [-0.05, 0) is 12.0 Å². The summed E-state index contributed by atoms with van der Waals surface area (Å²) in [6.07, 6.45) is 1.53. The van der Waals surface area contributed by atoms with Gasteiger partial charge in [0.15, 0.2) is 5.82 Å². The number of anilines is 1. The molecular formula is C7H15N5. The molecule has 0 radical (unpaired) electrons. The van der Waals surface area contributed by atoms with E-state index < -0.39 is 0 Å². The molecule has 1 aromatic rings. The maximum absolute atomic E-state index is 5.56. The van der Waals surface area contributed by atoms with Crippen LogP contribution in [0.5, 0.6) is 0 Å². The van der Waals surface area contributed by atoms with Crippen molar-refractivity contribution in [2.75, 3.05) is 12.3 Å². The summed E-state index contributed by atoms with van der Waals surface area (Å²) in [5.41, 5.74) is 11.0. The fourth-order valence-electron chi connectivity index (χ4n) is 0.834. The summed E-state index contributed by atoms with van der Waals surface area (Å²) < 4.78 is 0. The molecule has 5 nitrogen and oxygen atoms in total. The molecule has 1 heterocycles. The predicted molar refractivity (Wildman–Crippen MR) is 47.3 cm³/mol. The van der Waals surface area contributed by atoms with Crippen molar-refractivity contribution in [2.45, 2.75) is 20.4 Å². The first-order valence-corrected chi connectivity index (χ1v) is 3.89. The molecule has 68 valence electrons. The zero-order valence-corrected chi connectivity index (χ0v) is 7.49. The lowest BCUT2D eigenvalue weighted by atomic mass is 9.94. The molecule has 0 aliphatic carbocycles. The normalized spacial score (nSPS) is 11.9. The van der Waals surface area contributed by atoms with Crippen LogP contribution in [0.4, 0.5) is 5.82 Å². The zero-order chi connectivity index (χ0) is 9.19.